The van der Waals surface area contributed by atoms with Crippen molar-refractivity contribution >= 4 is 16.5 Å². The number of hydrogen-bond donors (Lipinski definition) is 5. The normalized spacial score (nSPS) is 28.9. The van der Waals surface area contributed by atoms with E-state index < -0.39 is 42.9 Å². The van der Waals surface area contributed by atoms with E-state index >= 15 is 0 Å². The second-order valence-corrected chi connectivity index (χ2v) is 6.30. The van der Waals surface area contributed by atoms with Crippen molar-refractivity contribution in [3.63, 3.8) is 0 Å². The fourth-order valence-corrected chi connectivity index (χ4v) is 2.77. The summed E-state index contributed by atoms with van der Waals surface area (Å²) < 4.78 is 10.8. The van der Waals surface area contributed by atoms with E-state index in [1.165, 1.54) is 0 Å². The molecule has 1 saturated heterocycles. The minimum absolute atomic E-state index is 0.0192. The van der Waals surface area contributed by atoms with E-state index in [4.69, 9.17) is 9.47 Å². The van der Waals surface area contributed by atoms with Gasteiger partial charge in [-0.2, -0.15) is 0 Å². The minimum Gasteiger partial charge on any atom is -0.443 e. The summed E-state index contributed by atoms with van der Waals surface area (Å²) in [6.07, 6.45) is -7.12. The van der Waals surface area contributed by atoms with Crippen LogP contribution in [0.25, 0.3) is 10.8 Å². The van der Waals surface area contributed by atoms with Gasteiger partial charge in [0.15, 0.2) is 0 Å². The van der Waals surface area contributed by atoms with E-state index in [1.807, 2.05) is 19.0 Å². The highest BCUT2D eigenvalue weighted by atomic mass is 16.7. The number of benzene rings is 1. The van der Waals surface area contributed by atoms with Crippen molar-refractivity contribution in [2.24, 2.45) is 0 Å². The highest BCUT2D eigenvalue weighted by molar-refractivity contribution is 5.88. The summed E-state index contributed by atoms with van der Waals surface area (Å²) in [5.74, 6) is -0.0192. The van der Waals surface area contributed by atoms with Crippen LogP contribution in [0.1, 0.15) is 0 Å². The highest BCUT2D eigenvalue weighted by Gasteiger charge is 2.45. The maximum atomic E-state index is 12.1. The minimum atomic E-state index is -1.57. The van der Waals surface area contributed by atoms with Gasteiger partial charge in [-0.05, 0) is 18.2 Å². The van der Waals surface area contributed by atoms with Gasteiger partial charge in [0.25, 0.3) is 5.56 Å². The second kappa shape index (κ2) is 7.17. The summed E-state index contributed by atoms with van der Waals surface area (Å²) in [5.41, 5.74) is 0.387. The van der Waals surface area contributed by atoms with Crippen molar-refractivity contribution in [1.29, 1.82) is 0 Å². The highest BCUT2D eigenvalue weighted by Crippen LogP contribution is 2.28. The van der Waals surface area contributed by atoms with Crippen molar-refractivity contribution in [3.8, 4) is 5.88 Å². The average Bonchev–Trinajstić information content (AvgIpc) is 2.63. The maximum Gasteiger partial charge on any atom is 0.272 e. The van der Waals surface area contributed by atoms with Gasteiger partial charge in [0.2, 0.25) is 12.2 Å². The first kappa shape index (κ1) is 18.5. The number of aliphatic hydroxyl groups excluding tert-OH is 4. The molecule has 1 aliphatic heterocycles. The van der Waals surface area contributed by atoms with E-state index in [2.05, 4.69) is 10.2 Å². The van der Waals surface area contributed by atoms with Crippen LogP contribution in [0.2, 0.25) is 0 Å². The summed E-state index contributed by atoms with van der Waals surface area (Å²) >= 11 is 0. The molecule has 2 aromatic rings. The monoisotopic (exact) mass is 367 g/mol. The topological polar surface area (TPSA) is 148 Å². The number of hydrogen-bond acceptors (Lipinski definition) is 9. The molecule has 0 saturated carbocycles. The molecule has 2 heterocycles. The molecule has 0 unspecified atom stereocenters. The molecule has 1 aromatic heterocycles. The molecule has 0 spiro atoms. The first-order valence-corrected chi connectivity index (χ1v) is 8.00. The number of H-pyrrole nitrogens is 1. The molecule has 1 fully saturated rings. The summed E-state index contributed by atoms with van der Waals surface area (Å²) in [7, 11) is 3.67. The van der Waals surface area contributed by atoms with Crippen molar-refractivity contribution < 1.29 is 29.9 Å². The van der Waals surface area contributed by atoms with Crippen molar-refractivity contribution in [2.75, 3.05) is 25.6 Å². The molecular weight excluding hydrogens is 346 g/mol. The summed E-state index contributed by atoms with van der Waals surface area (Å²) in [6, 6.07) is 5.08. The third-order valence-corrected chi connectivity index (χ3v) is 4.33. The predicted molar refractivity (Wildman–Crippen MR) is 91.1 cm³/mol. The Morgan fingerprint density at radius 1 is 1.19 bits per heavy atom. The number of anilines is 1. The van der Waals surface area contributed by atoms with Crippen LogP contribution in [0.15, 0.2) is 23.0 Å². The fourth-order valence-electron chi connectivity index (χ4n) is 2.77. The molecule has 26 heavy (non-hydrogen) atoms. The smallest absolute Gasteiger partial charge is 0.272 e. The summed E-state index contributed by atoms with van der Waals surface area (Å²) in [4.78, 5) is 13.9. The summed E-state index contributed by atoms with van der Waals surface area (Å²) in [5, 5.41) is 45.8. The Bertz CT molecular complexity index is 838. The molecular formula is C16H21N3O7. The lowest BCUT2D eigenvalue weighted by Crippen LogP contribution is -2.60. The van der Waals surface area contributed by atoms with Crippen molar-refractivity contribution in [3.05, 3.63) is 28.6 Å². The second-order valence-electron chi connectivity index (χ2n) is 6.30. The van der Waals surface area contributed by atoms with Crippen molar-refractivity contribution in [1.82, 2.24) is 10.2 Å². The van der Waals surface area contributed by atoms with Crippen LogP contribution in [0.4, 0.5) is 5.69 Å². The van der Waals surface area contributed by atoms with E-state index in [0.29, 0.717) is 10.8 Å². The maximum absolute atomic E-state index is 12.1. The Labute approximate surface area is 148 Å². The van der Waals surface area contributed by atoms with Crippen LogP contribution < -0.4 is 15.2 Å². The molecule has 142 valence electrons. The molecule has 0 amide bonds. The van der Waals surface area contributed by atoms with Gasteiger partial charge in [0.1, 0.15) is 24.4 Å². The molecule has 1 aliphatic rings. The van der Waals surface area contributed by atoms with E-state index in [0.717, 1.165) is 5.69 Å². The quantitative estimate of drug-likeness (QED) is 0.421. The van der Waals surface area contributed by atoms with Gasteiger partial charge in [-0.3, -0.25) is 4.79 Å². The molecule has 5 atom stereocenters. The van der Waals surface area contributed by atoms with Crippen LogP contribution in [-0.4, -0.2) is 82.0 Å². The molecule has 10 heteroatoms. The Balaban J connectivity index is 1.96. The SMILES string of the molecule is CN(C)c1ccc2c(O[C@@H]3O[C@H](CO)[C@H](O)[C@H](O)[C@H]3O)n[nH]c(=O)c2c1. The third kappa shape index (κ3) is 3.24. The number of aliphatic hydroxyl groups is 4. The summed E-state index contributed by atoms with van der Waals surface area (Å²) in [6.45, 7) is -0.573. The molecule has 0 bridgehead atoms. The van der Waals surface area contributed by atoms with Crippen LogP contribution in [-0.2, 0) is 4.74 Å². The zero-order valence-electron chi connectivity index (χ0n) is 14.2. The lowest BCUT2D eigenvalue weighted by molar-refractivity contribution is -0.278. The number of ether oxygens (including phenoxy) is 2. The Morgan fingerprint density at radius 3 is 2.58 bits per heavy atom. The predicted octanol–water partition coefficient (Wildman–Crippen LogP) is -1.83. The zero-order valence-corrected chi connectivity index (χ0v) is 14.2. The number of nitrogens with one attached hydrogen (secondary N) is 1. The van der Waals surface area contributed by atoms with E-state index in [9.17, 15) is 25.2 Å². The van der Waals surface area contributed by atoms with Crippen molar-refractivity contribution in [2.45, 2.75) is 30.7 Å². The fraction of sp³-hybridized carbons (Fsp3) is 0.500. The Morgan fingerprint density at radius 2 is 1.92 bits per heavy atom. The average molecular weight is 367 g/mol. The van der Waals surface area contributed by atoms with Gasteiger partial charge in [-0.15, -0.1) is 5.10 Å². The standard InChI is InChI=1S/C16H21N3O7/c1-19(2)7-3-4-8-9(5-7)14(24)17-18-15(8)26-16-13(23)12(22)11(21)10(6-20)25-16/h3-5,10-13,16,20-23H,6H2,1-2H3,(H,17,24)/t10-,11+,12+,13-,16+/m1/s1. The molecule has 1 aromatic carbocycles. The lowest BCUT2D eigenvalue weighted by Gasteiger charge is -2.39. The van der Waals surface area contributed by atoms with Gasteiger partial charge in [-0.25, -0.2) is 5.10 Å². The first-order valence-electron chi connectivity index (χ1n) is 8.00. The zero-order chi connectivity index (χ0) is 19.0. The lowest BCUT2D eigenvalue weighted by atomic mass is 9.99. The number of aromatic nitrogens is 2. The van der Waals surface area contributed by atoms with Gasteiger partial charge >= 0.3 is 0 Å². The molecule has 0 radical (unpaired) electrons. The number of nitrogens with zero attached hydrogens (tertiary/aromatic N) is 2. The van der Waals surface area contributed by atoms with Crippen LogP contribution in [0.5, 0.6) is 5.88 Å². The number of fused-ring (bicyclic) bond motifs is 1. The van der Waals surface area contributed by atoms with Gasteiger partial charge in [-0.1, -0.05) is 0 Å². The third-order valence-electron chi connectivity index (χ3n) is 4.33. The molecule has 10 nitrogen and oxygen atoms in total. The van der Waals surface area contributed by atoms with E-state index in [1.54, 1.807) is 18.2 Å². The van der Waals surface area contributed by atoms with Gasteiger partial charge in [0, 0.05) is 19.8 Å². The van der Waals surface area contributed by atoms with Crippen LogP contribution in [0.3, 0.4) is 0 Å². The largest absolute Gasteiger partial charge is 0.443 e. The molecule has 5 N–H and O–H groups in total. The molecule has 0 aliphatic carbocycles. The van der Waals surface area contributed by atoms with Gasteiger partial charge < -0.3 is 34.8 Å². The number of rotatable bonds is 4. The van der Waals surface area contributed by atoms with E-state index in [-0.39, 0.29) is 5.88 Å². The van der Waals surface area contributed by atoms with Crippen LogP contribution in [0, 0.1) is 0 Å². The van der Waals surface area contributed by atoms with Gasteiger partial charge in [0.05, 0.1) is 17.4 Å². The Kier molecular flexibility index (Phi) is 5.12. The number of aromatic amines is 1. The Hall–Kier alpha value is -2.24. The first-order chi connectivity index (χ1) is 12.3. The molecule has 3 rings (SSSR count). The van der Waals surface area contributed by atoms with Crippen LogP contribution >= 0.6 is 0 Å².